The van der Waals surface area contributed by atoms with E-state index in [2.05, 4.69) is 17.6 Å². The van der Waals surface area contributed by atoms with Gasteiger partial charge in [0.2, 0.25) is 11.8 Å². The summed E-state index contributed by atoms with van der Waals surface area (Å²) in [5, 5.41) is 5.50. The van der Waals surface area contributed by atoms with Crippen molar-refractivity contribution in [1.29, 1.82) is 0 Å². The molecule has 5 heteroatoms. The molecule has 1 rings (SSSR count). The fraction of sp³-hybridized carbons (Fsp3) is 0.429. The van der Waals surface area contributed by atoms with Gasteiger partial charge in [0.25, 0.3) is 0 Å². The SMILES string of the molecule is CCCCSCC(=O)Nc1cccc(NC(C)=O)c1. The van der Waals surface area contributed by atoms with Gasteiger partial charge >= 0.3 is 0 Å². The first-order valence-electron chi connectivity index (χ1n) is 6.37. The number of benzene rings is 1. The molecular weight excluding hydrogens is 260 g/mol. The number of rotatable bonds is 7. The van der Waals surface area contributed by atoms with Gasteiger partial charge in [-0.25, -0.2) is 0 Å². The van der Waals surface area contributed by atoms with Crippen molar-refractivity contribution in [3.63, 3.8) is 0 Å². The lowest BCUT2D eigenvalue weighted by molar-refractivity contribution is -0.114. The van der Waals surface area contributed by atoms with E-state index in [4.69, 9.17) is 0 Å². The summed E-state index contributed by atoms with van der Waals surface area (Å²) in [6.07, 6.45) is 2.28. The summed E-state index contributed by atoms with van der Waals surface area (Å²) < 4.78 is 0. The zero-order valence-corrected chi connectivity index (χ0v) is 12.2. The van der Waals surface area contributed by atoms with Crippen LogP contribution in [-0.4, -0.2) is 23.3 Å². The maximum atomic E-state index is 11.7. The van der Waals surface area contributed by atoms with E-state index in [9.17, 15) is 9.59 Å². The second-order valence-corrected chi connectivity index (χ2v) is 5.32. The van der Waals surface area contributed by atoms with Crippen molar-refractivity contribution in [2.24, 2.45) is 0 Å². The highest BCUT2D eigenvalue weighted by Crippen LogP contribution is 2.15. The zero-order chi connectivity index (χ0) is 14.1. The van der Waals surface area contributed by atoms with Gasteiger partial charge in [0.05, 0.1) is 5.75 Å². The van der Waals surface area contributed by atoms with Crippen LogP contribution >= 0.6 is 11.8 Å². The minimum atomic E-state index is -0.126. The van der Waals surface area contributed by atoms with Crippen molar-refractivity contribution >= 4 is 35.0 Å². The predicted octanol–water partition coefficient (Wildman–Crippen LogP) is 3.12. The number of thioether (sulfide) groups is 1. The molecule has 1 aromatic rings. The fourth-order valence-electron chi connectivity index (χ4n) is 1.49. The number of amides is 2. The number of anilines is 2. The van der Waals surface area contributed by atoms with Crippen molar-refractivity contribution in [2.45, 2.75) is 26.7 Å². The van der Waals surface area contributed by atoms with Crippen LogP contribution in [0.4, 0.5) is 11.4 Å². The Bertz CT molecular complexity index is 435. The topological polar surface area (TPSA) is 58.2 Å². The van der Waals surface area contributed by atoms with Crippen molar-refractivity contribution < 1.29 is 9.59 Å². The molecule has 0 saturated carbocycles. The van der Waals surface area contributed by atoms with E-state index in [-0.39, 0.29) is 11.8 Å². The zero-order valence-electron chi connectivity index (χ0n) is 11.4. The molecule has 0 unspecified atom stereocenters. The van der Waals surface area contributed by atoms with Gasteiger partial charge in [0.15, 0.2) is 0 Å². The summed E-state index contributed by atoms with van der Waals surface area (Å²) in [6, 6.07) is 7.13. The Balaban J connectivity index is 2.43. The first kappa shape index (κ1) is 15.6. The third-order valence-electron chi connectivity index (χ3n) is 2.34. The van der Waals surface area contributed by atoms with Crippen molar-refractivity contribution in [3.05, 3.63) is 24.3 Å². The molecule has 2 N–H and O–H groups in total. The number of unbranched alkanes of at least 4 members (excludes halogenated alkanes) is 1. The molecule has 0 atom stereocenters. The summed E-state index contributed by atoms with van der Waals surface area (Å²) in [5.41, 5.74) is 1.39. The highest BCUT2D eigenvalue weighted by molar-refractivity contribution is 7.99. The minimum Gasteiger partial charge on any atom is -0.326 e. The Morgan fingerprint density at radius 1 is 1.21 bits per heavy atom. The van der Waals surface area contributed by atoms with Crippen LogP contribution < -0.4 is 10.6 Å². The normalized spacial score (nSPS) is 10.0. The molecule has 0 aliphatic carbocycles. The van der Waals surface area contributed by atoms with E-state index in [1.165, 1.54) is 6.92 Å². The maximum absolute atomic E-state index is 11.7. The van der Waals surface area contributed by atoms with Crippen LogP contribution in [0.2, 0.25) is 0 Å². The molecule has 0 aliphatic rings. The van der Waals surface area contributed by atoms with Crippen molar-refractivity contribution in [2.75, 3.05) is 22.1 Å². The largest absolute Gasteiger partial charge is 0.326 e. The summed E-state index contributed by atoms with van der Waals surface area (Å²) in [5.74, 6) is 1.33. The maximum Gasteiger partial charge on any atom is 0.234 e. The molecule has 0 heterocycles. The van der Waals surface area contributed by atoms with Crippen LogP contribution in [0.3, 0.4) is 0 Å². The van der Waals surface area contributed by atoms with Crippen molar-refractivity contribution in [3.8, 4) is 0 Å². The first-order chi connectivity index (χ1) is 9.11. The highest BCUT2D eigenvalue weighted by atomic mass is 32.2. The average Bonchev–Trinajstić information content (AvgIpc) is 2.34. The summed E-state index contributed by atoms with van der Waals surface area (Å²) >= 11 is 1.64. The lowest BCUT2D eigenvalue weighted by Crippen LogP contribution is -2.14. The second kappa shape index (κ2) is 8.58. The van der Waals surface area contributed by atoms with E-state index in [0.29, 0.717) is 17.1 Å². The Morgan fingerprint density at radius 2 is 1.89 bits per heavy atom. The number of nitrogens with one attached hydrogen (secondary N) is 2. The third-order valence-corrected chi connectivity index (χ3v) is 3.39. The Kier molecular flexibility index (Phi) is 7.03. The predicted molar refractivity (Wildman–Crippen MR) is 81.6 cm³/mol. The molecule has 0 fully saturated rings. The van der Waals surface area contributed by atoms with Crippen molar-refractivity contribution in [1.82, 2.24) is 0 Å². The molecule has 1 aromatic carbocycles. The lowest BCUT2D eigenvalue weighted by Gasteiger charge is -2.07. The van der Waals surface area contributed by atoms with E-state index in [1.807, 2.05) is 0 Å². The van der Waals surface area contributed by atoms with Crippen LogP contribution in [0.5, 0.6) is 0 Å². The quantitative estimate of drug-likeness (QED) is 0.754. The number of carbonyl (C=O) groups is 2. The van der Waals surface area contributed by atoms with Crippen LogP contribution in [0, 0.1) is 0 Å². The molecule has 0 radical (unpaired) electrons. The third kappa shape index (κ3) is 6.86. The summed E-state index contributed by atoms with van der Waals surface area (Å²) in [6.45, 7) is 3.59. The number of carbonyl (C=O) groups excluding carboxylic acids is 2. The van der Waals surface area contributed by atoms with Gasteiger partial charge < -0.3 is 10.6 Å². The smallest absolute Gasteiger partial charge is 0.234 e. The molecule has 0 saturated heterocycles. The van der Waals surface area contributed by atoms with Gasteiger partial charge in [-0.15, -0.1) is 0 Å². The van der Waals surface area contributed by atoms with Gasteiger partial charge in [-0.05, 0) is 30.4 Å². The molecule has 0 aromatic heterocycles. The molecular formula is C14H20N2O2S. The minimum absolute atomic E-state index is 0.0129. The molecule has 0 spiro atoms. The van der Waals surface area contributed by atoms with Crippen LogP contribution in [0.1, 0.15) is 26.7 Å². The fourth-order valence-corrected chi connectivity index (χ4v) is 2.38. The number of hydrogen-bond donors (Lipinski definition) is 2. The second-order valence-electron chi connectivity index (χ2n) is 4.22. The molecule has 0 aliphatic heterocycles. The highest BCUT2D eigenvalue weighted by Gasteiger charge is 2.03. The summed E-state index contributed by atoms with van der Waals surface area (Å²) in [7, 11) is 0. The van der Waals surface area contributed by atoms with E-state index in [1.54, 1.807) is 36.0 Å². The van der Waals surface area contributed by atoms with Crippen LogP contribution in [-0.2, 0) is 9.59 Å². The first-order valence-corrected chi connectivity index (χ1v) is 7.52. The standard InChI is InChI=1S/C14H20N2O2S/c1-3-4-8-19-10-14(18)16-13-7-5-6-12(9-13)15-11(2)17/h5-7,9H,3-4,8,10H2,1-2H3,(H,15,17)(H,16,18). The Labute approximate surface area is 118 Å². The number of hydrogen-bond acceptors (Lipinski definition) is 3. The molecule has 2 amide bonds. The van der Waals surface area contributed by atoms with Gasteiger partial charge in [-0.1, -0.05) is 19.4 Å². The molecule has 4 nitrogen and oxygen atoms in total. The molecule has 19 heavy (non-hydrogen) atoms. The van der Waals surface area contributed by atoms with Crippen LogP contribution in [0.15, 0.2) is 24.3 Å². The summed E-state index contributed by atoms with van der Waals surface area (Å²) in [4.78, 5) is 22.6. The van der Waals surface area contributed by atoms with Crippen LogP contribution in [0.25, 0.3) is 0 Å². The van der Waals surface area contributed by atoms with E-state index >= 15 is 0 Å². The monoisotopic (exact) mass is 280 g/mol. The van der Waals surface area contributed by atoms with Gasteiger partial charge in [-0.2, -0.15) is 11.8 Å². The Morgan fingerprint density at radius 3 is 2.53 bits per heavy atom. The molecule has 0 bridgehead atoms. The molecule has 104 valence electrons. The van der Waals surface area contributed by atoms with E-state index < -0.39 is 0 Å². The average molecular weight is 280 g/mol. The van der Waals surface area contributed by atoms with Gasteiger partial charge in [0, 0.05) is 18.3 Å². The Hall–Kier alpha value is -1.49. The van der Waals surface area contributed by atoms with Gasteiger partial charge in [-0.3, -0.25) is 9.59 Å². The van der Waals surface area contributed by atoms with E-state index in [0.717, 1.165) is 18.6 Å². The lowest BCUT2D eigenvalue weighted by atomic mass is 10.2. The van der Waals surface area contributed by atoms with Gasteiger partial charge in [0.1, 0.15) is 0 Å².